The summed E-state index contributed by atoms with van der Waals surface area (Å²) < 4.78 is 5.53. The van der Waals surface area contributed by atoms with Gasteiger partial charge in [-0.15, -0.1) is 23.1 Å². The van der Waals surface area contributed by atoms with E-state index in [-0.39, 0.29) is 0 Å². The van der Waals surface area contributed by atoms with Gasteiger partial charge in [-0.2, -0.15) is 0 Å². The van der Waals surface area contributed by atoms with Crippen molar-refractivity contribution in [3.63, 3.8) is 0 Å². The number of aromatic nitrogens is 1. The zero-order valence-electron chi connectivity index (χ0n) is 14.6. The molecule has 1 aromatic carbocycles. The van der Waals surface area contributed by atoms with Gasteiger partial charge >= 0.3 is 0 Å². The summed E-state index contributed by atoms with van der Waals surface area (Å²) in [6.07, 6.45) is 1.67. The molecule has 3 aromatic rings. The molecule has 0 unspecified atom stereocenters. The number of nitrogens with zero attached hydrogens (tertiary/aromatic N) is 2. The molecular formula is C19H22N4OS2. The van der Waals surface area contributed by atoms with Gasteiger partial charge in [0.15, 0.2) is 5.96 Å². The summed E-state index contributed by atoms with van der Waals surface area (Å²) in [6, 6.07) is 14.4. The molecule has 0 spiro atoms. The Morgan fingerprint density at radius 1 is 1.19 bits per heavy atom. The summed E-state index contributed by atoms with van der Waals surface area (Å²) in [5.41, 5.74) is 0.823. The molecule has 0 amide bonds. The normalized spacial score (nSPS) is 11.5. The van der Waals surface area contributed by atoms with Crippen molar-refractivity contribution in [2.45, 2.75) is 18.4 Å². The van der Waals surface area contributed by atoms with E-state index < -0.39 is 0 Å². The van der Waals surface area contributed by atoms with Gasteiger partial charge in [-0.1, -0.05) is 24.3 Å². The zero-order chi connectivity index (χ0) is 18.0. The monoisotopic (exact) mass is 386 g/mol. The number of guanidine groups is 1. The van der Waals surface area contributed by atoms with Crippen LogP contribution < -0.4 is 10.6 Å². The molecule has 0 aliphatic heterocycles. The van der Waals surface area contributed by atoms with Crippen LogP contribution >= 0.6 is 23.1 Å². The minimum absolute atomic E-state index is 0.482. The Kier molecular flexibility index (Phi) is 7.15. The van der Waals surface area contributed by atoms with E-state index in [2.05, 4.69) is 51.8 Å². The number of oxazole rings is 1. The molecule has 2 N–H and O–H groups in total. The lowest BCUT2D eigenvalue weighted by atomic mass is 10.4. The number of aliphatic imine (C=N–C) groups is 1. The third-order valence-corrected chi connectivity index (χ3v) is 5.31. The summed E-state index contributed by atoms with van der Waals surface area (Å²) in [7, 11) is 0. The van der Waals surface area contributed by atoms with Gasteiger partial charge in [0.25, 0.3) is 0 Å². The molecule has 0 radical (unpaired) electrons. The Bertz CT molecular complexity index is 800. The van der Waals surface area contributed by atoms with Gasteiger partial charge in [0.05, 0.1) is 11.4 Å². The molecule has 26 heavy (non-hydrogen) atoms. The first-order valence-corrected chi connectivity index (χ1v) is 10.4. The van der Waals surface area contributed by atoms with E-state index in [0.717, 1.165) is 35.4 Å². The number of rotatable bonds is 8. The largest absolute Gasteiger partial charge is 0.443 e. The van der Waals surface area contributed by atoms with Crippen molar-refractivity contribution in [3.05, 3.63) is 59.8 Å². The summed E-state index contributed by atoms with van der Waals surface area (Å²) in [6.45, 7) is 4.19. The Hall–Kier alpha value is -2.25. The van der Waals surface area contributed by atoms with Crippen LogP contribution in [0.1, 0.15) is 12.6 Å². The summed E-state index contributed by atoms with van der Waals surface area (Å²) in [5, 5.41) is 8.63. The van der Waals surface area contributed by atoms with Crippen LogP contribution in [-0.4, -0.2) is 29.8 Å². The predicted molar refractivity (Wildman–Crippen MR) is 110 cm³/mol. The van der Waals surface area contributed by atoms with Crippen LogP contribution in [0.15, 0.2) is 68.4 Å². The number of nitrogens with one attached hydrogen (secondary N) is 2. The van der Waals surface area contributed by atoms with Crippen LogP contribution in [0.2, 0.25) is 0 Å². The van der Waals surface area contributed by atoms with Gasteiger partial charge in [-0.3, -0.25) is 0 Å². The van der Waals surface area contributed by atoms with Gasteiger partial charge in [0.1, 0.15) is 12.0 Å². The van der Waals surface area contributed by atoms with Gasteiger partial charge < -0.3 is 15.1 Å². The highest BCUT2D eigenvalue weighted by Crippen LogP contribution is 2.23. The molecule has 2 aromatic heterocycles. The topological polar surface area (TPSA) is 62.5 Å². The predicted octanol–water partition coefficient (Wildman–Crippen LogP) is 4.25. The maximum Gasteiger partial charge on any atom is 0.236 e. The minimum atomic E-state index is 0.482. The van der Waals surface area contributed by atoms with Gasteiger partial charge in [-0.05, 0) is 30.5 Å². The van der Waals surface area contributed by atoms with E-state index in [1.807, 2.05) is 35.3 Å². The van der Waals surface area contributed by atoms with Crippen molar-refractivity contribution >= 4 is 29.1 Å². The van der Waals surface area contributed by atoms with E-state index >= 15 is 0 Å². The number of benzene rings is 1. The summed E-state index contributed by atoms with van der Waals surface area (Å²) in [4.78, 5) is 11.4. The van der Waals surface area contributed by atoms with Crippen molar-refractivity contribution in [2.75, 3.05) is 18.8 Å². The third kappa shape index (κ3) is 5.64. The molecule has 136 valence electrons. The fourth-order valence-electron chi connectivity index (χ4n) is 2.25. The second kappa shape index (κ2) is 10.0. The summed E-state index contributed by atoms with van der Waals surface area (Å²) in [5.74, 6) is 2.42. The highest BCUT2D eigenvalue weighted by atomic mass is 32.2. The Morgan fingerprint density at radius 3 is 2.85 bits per heavy atom. The fourth-order valence-corrected chi connectivity index (χ4v) is 3.69. The minimum Gasteiger partial charge on any atom is -0.443 e. The molecule has 0 saturated carbocycles. The van der Waals surface area contributed by atoms with E-state index in [9.17, 15) is 0 Å². The Labute approximate surface area is 162 Å². The van der Waals surface area contributed by atoms with Crippen molar-refractivity contribution in [1.82, 2.24) is 15.6 Å². The molecule has 5 nitrogen and oxygen atoms in total. The first kappa shape index (κ1) is 18.5. The van der Waals surface area contributed by atoms with E-state index in [1.165, 1.54) is 4.90 Å². The standard InChI is InChI=1S/C19H22N4OS2/c1-2-20-19(21-10-12-25-16-7-4-3-5-8-16)22-13-15-14-24-18(23-15)17-9-6-11-26-17/h3-9,11,14H,2,10,12-13H2,1H3,(H2,20,21,22). The number of thioether (sulfide) groups is 1. The fraction of sp³-hybridized carbons (Fsp3) is 0.263. The van der Waals surface area contributed by atoms with Crippen molar-refractivity contribution in [3.8, 4) is 10.8 Å². The molecule has 0 bridgehead atoms. The molecule has 0 fully saturated rings. The van der Waals surface area contributed by atoms with Crippen LogP contribution in [0.4, 0.5) is 0 Å². The van der Waals surface area contributed by atoms with E-state index in [0.29, 0.717) is 12.4 Å². The van der Waals surface area contributed by atoms with Crippen molar-refractivity contribution in [2.24, 2.45) is 4.99 Å². The zero-order valence-corrected chi connectivity index (χ0v) is 16.3. The van der Waals surface area contributed by atoms with Gasteiger partial charge in [0, 0.05) is 23.7 Å². The third-order valence-electron chi connectivity index (χ3n) is 3.43. The van der Waals surface area contributed by atoms with Gasteiger partial charge in [-0.25, -0.2) is 9.98 Å². The summed E-state index contributed by atoms with van der Waals surface area (Å²) >= 11 is 3.44. The lowest BCUT2D eigenvalue weighted by molar-refractivity contribution is 0.574. The van der Waals surface area contributed by atoms with Crippen molar-refractivity contribution < 1.29 is 4.42 Å². The maximum absolute atomic E-state index is 5.53. The van der Waals surface area contributed by atoms with Crippen LogP contribution in [-0.2, 0) is 6.54 Å². The smallest absolute Gasteiger partial charge is 0.236 e. The Morgan fingerprint density at radius 2 is 2.08 bits per heavy atom. The molecular weight excluding hydrogens is 364 g/mol. The second-order valence-corrected chi connectivity index (χ2v) is 7.52. The maximum atomic E-state index is 5.53. The quantitative estimate of drug-likeness (QED) is 0.262. The SMILES string of the molecule is CCNC(=NCc1coc(-c2cccs2)n1)NCCSc1ccccc1. The van der Waals surface area contributed by atoms with E-state index in [4.69, 9.17) is 4.42 Å². The highest BCUT2D eigenvalue weighted by Gasteiger charge is 2.07. The average Bonchev–Trinajstić information content (AvgIpc) is 3.35. The molecule has 0 aliphatic rings. The number of thiophene rings is 1. The van der Waals surface area contributed by atoms with Crippen LogP contribution in [0.25, 0.3) is 10.8 Å². The average molecular weight is 387 g/mol. The molecule has 0 aliphatic carbocycles. The first-order valence-electron chi connectivity index (χ1n) is 8.53. The van der Waals surface area contributed by atoms with Crippen molar-refractivity contribution in [1.29, 1.82) is 0 Å². The van der Waals surface area contributed by atoms with E-state index in [1.54, 1.807) is 17.6 Å². The van der Waals surface area contributed by atoms with Crippen LogP contribution in [0.3, 0.4) is 0 Å². The van der Waals surface area contributed by atoms with Crippen LogP contribution in [0.5, 0.6) is 0 Å². The molecule has 2 heterocycles. The molecule has 3 rings (SSSR count). The first-order chi connectivity index (χ1) is 12.8. The Balaban J connectivity index is 1.49. The van der Waals surface area contributed by atoms with Crippen LogP contribution in [0, 0.1) is 0 Å². The molecule has 0 saturated heterocycles. The van der Waals surface area contributed by atoms with Gasteiger partial charge in [0.2, 0.25) is 5.89 Å². The molecule has 7 heteroatoms. The highest BCUT2D eigenvalue weighted by molar-refractivity contribution is 7.99. The lowest BCUT2D eigenvalue weighted by Gasteiger charge is -2.10. The number of hydrogen-bond acceptors (Lipinski definition) is 5. The second-order valence-electron chi connectivity index (χ2n) is 5.40. The number of hydrogen-bond donors (Lipinski definition) is 2. The molecule has 0 atom stereocenters. The lowest BCUT2D eigenvalue weighted by Crippen LogP contribution is -2.38.